The SMILES string of the molecule is CS(=O)(=O)On1c(=O)c(=Cc2ccccc2)[nH]c(=O)c1=Cc1ccc(OCc2ccncc2)cn1. The van der Waals surface area contributed by atoms with E-state index in [9.17, 15) is 18.0 Å². The number of H-pyrrole nitrogens is 1. The molecule has 3 aromatic heterocycles. The maximum absolute atomic E-state index is 13.0. The Morgan fingerprint density at radius 1 is 1.00 bits per heavy atom. The van der Waals surface area contributed by atoms with E-state index in [1.165, 1.54) is 18.3 Å². The molecule has 178 valence electrons. The van der Waals surface area contributed by atoms with Gasteiger partial charge in [-0.1, -0.05) is 30.3 Å². The fraction of sp³-hybridized carbons (Fsp3) is 0.0833. The monoisotopic (exact) mass is 492 g/mol. The van der Waals surface area contributed by atoms with Crippen molar-refractivity contribution < 1.29 is 17.4 Å². The minimum Gasteiger partial charge on any atom is -0.487 e. The molecule has 3 heterocycles. The minimum atomic E-state index is -4.13. The molecule has 0 bridgehead atoms. The number of nitrogens with zero attached hydrogens (tertiary/aromatic N) is 3. The molecular weight excluding hydrogens is 472 g/mol. The molecule has 35 heavy (non-hydrogen) atoms. The van der Waals surface area contributed by atoms with Gasteiger partial charge in [-0.2, -0.15) is 8.42 Å². The Bertz CT molecular complexity index is 1660. The highest BCUT2D eigenvalue weighted by Gasteiger charge is 2.12. The second kappa shape index (κ2) is 10.2. The smallest absolute Gasteiger partial charge is 0.324 e. The Morgan fingerprint density at radius 3 is 2.40 bits per heavy atom. The highest BCUT2D eigenvalue weighted by Crippen LogP contribution is 2.11. The highest BCUT2D eigenvalue weighted by atomic mass is 32.2. The standard InChI is InChI=1S/C24H20N4O6S/c1-35(31,32)34-28-22(23(29)27-21(24(28)30)13-17-5-3-2-4-6-17)14-19-7-8-20(15-26-19)33-16-18-9-11-25-12-10-18/h2-15H,16H2,1H3,(H,27,29). The van der Waals surface area contributed by atoms with Gasteiger partial charge in [0.1, 0.15) is 17.7 Å². The van der Waals surface area contributed by atoms with Crippen LogP contribution in [0, 0.1) is 0 Å². The third kappa shape index (κ3) is 6.30. The molecule has 0 saturated carbocycles. The molecule has 10 nitrogen and oxygen atoms in total. The van der Waals surface area contributed by atoms with Crippen LogP contribution in [-0.2, 0) is 16.7 Å². The van der Waals surface area contributed by atoms with Crippen molar-refractivity contribution in [2.75, 3.05) is 6.26 Å². The fourth-order valence-electron chi connectivity index (χ4n) is 3.05. The molecule has 0 fully saturated rings. The first-order chi connectivity index (χ1) is 16.8. The summed E-state index contributed by atoms with van der Waals surface area (Å²) in [6.45, 7) is 0.314. The van der Waals surface area contributed by atoms with E-state index in [0.717, 1.165) is 11.8 Å². The van der Waals surface area contributed by atoms with E-state index < -0.39 is 21.2 Å². The normalized spacial score (nSPS) is 12.5. The van der Waals surface area contributed by atoms with Gasteiger partial charge in [0.05, 0.1) is 18.1 Å². The third-order valence-corrected chi connectivity index (χ3v) is 5.05. The van der Waals surface area contributed by atoms with Gasteiger partial charge >= 0.3 is 15.7 Å². The van der Waals surface area contributed by atoms with Crippen molar-refractivity contribution in [2.45, 2.75) is 6.61 Å². The number of aromatic amines is 1. The fourth-order valence-corrected chi connectivity index (χ4v) is 3.47. The van der Waals surface area contributed by atoms with Crippen LogP contribution in [0.4, 0.5) is 0 Å². The van der Waals surface area contributed by atoms with Crippen molar-refractivity contribution >= 4 is 22.3 Å². The molecule has 0 radical (unpaired) electrons. The first-order valence-corrected chi connectivity index (χ1v) is 12.1. The lowest BCUT2D eigenvalue weighted by Gasteiger charge is -2.07. The number of pyridine rings is 2. The molecule has 0 unspecified atom stereocenters. The van der Waals surface area contributed by atoms with Crippen LogP contribution in [0.2, 0.25) is 0 Å². The quantitative estimate of drug-likeness (QED) is 0.380. The van der Waals surface area contributed by atoms with Gasteiger partial charge in [-0.05, 0) is 47.5 Å². The zero-order chi connectivity index (χ0) is 24.8. The van der Waals surface area contributed by atoms with E-state index in [-0.39, 0.29) is 16.4 Å². The summed E-state index contributed by atoms with van der Waals surface area (Å²) in [6, 6.07) is 15.6. The predicted molar refractivity (Wildman–Crippen MR) is 128 cm³/mol. The minimum absolute atomic E-state index is 0.144. The zero-order valence-electron chi connectivity index (χ0n) is 18.5. The second-order valence-corrected chi connectivity index (χ2v) is 8.95. The van der Waals surface area contributed by atoms with Gasteiger partial charge in [0.25, 0.3) is 5.56 Å². The maximum atomic E-state index is 13.0. The van der Waals surface area contributed by atoms with Crippen molar-refractivity contribution in [3.63, 3.8) is 0 Å². The van der Waals surface area contributed by atoms with Gasteiger partial charge in [-0.25, -0.2) is 0 Å². The Hall–Kier alpha value is -4.51. The van der Waals surface area contributed by atoms with Gasteiger partial charge in [0.15, 0.2) is 5.35 Å². The number of rotatable bonds is 7. The molecule has 0 aliphatic carbocycles. The number of hydrogen-bond donors (Lipinski definition) is 1. The molecule has 0 amide bonds. The van der Waals surface area contributed by atoms with E-state index in [1.807, 2.05) is 12.1 Å². The number of hydrogen-bond acceptors (Lipinski definition) is 8. The van der Waals surface area contributed by atoms with Crippen LogP contribution in [0.5, 0.6) is 5.75 Å². The van der Waals surface area contributed by atoms with Crippen LogP contribution < -0.4 is 30.8 Å². The van der Waals surface area contributed by atoms with Crippen LogP contribution in [-0.4, -0.2) is 34.4 Å². The van der Waals surface area contributed by atoms with Gasteiger partial charge in [-0.3, -0.25) is 23.8 Å². The molecule has 4 rings (SSSR count). The van der Waals surface area contributed by atoms with Crippen LogP contribution in [0.15, 0.2) is 82.8 Å². The van der Waals surface area contributed by atoms with E-state index >= 15 is 0 Å². The van der Waals surface area contributed by atoms with E-state index in [2.05, 4.69) is 15.0 Å². The maximum Gasteiger partial charge on any atom is 0.324 e. The summed E-state index contributed by atoms with van der Waals surface area (Å²) >= 11 is 0. The lowest BCUT2D eigenvalue weighted by atomic mass is 10.2. The van der Waals surface area contributed by atoms with E-state index in [4.69, 9.17) is 9.02 Å². The molecule has 0 aliphatic heterocycles. The molecule has 0 aliphatic rings. The lowest BCUT2D eigenvalue weighted by molar-refractivity contribution is 0.256. The Labute approximate surface area is 199 Å². The van der Waals surface area contributed by atoms with Crippen LogP contribution in [0.25, 0.3) is 12.2 Å². The topological polar surface area (TPSA) is 133 Å². The average Bonchev–Trinajstić information content (AvgIpc) is 2.84. The summed E-state index contributed by atoms with van der Waals surface area (Å²) in [5.41, 5.74) is 0.234. The van der Waals surface area contributed by atoms with Gasteiger partial charge in [0.2, 0.25) is 0 Å². The highest BCUT2D eigenvalue weighted by molar-refractivity contribution is 7.86. The molecule has 0 saturated heterocycles. The molecule has 0 atom stereocenters. The zero-order valence-corrected chi connectivity index (χ0v) is 19.3. The lowest BCUT2D eigenvalue weighted by Crippen LogP contribution is -2.56. The average molecular weight is 493 g/mol. The first-order valence-electron chi connectivity index (χ1n) is 10.3. The van der Waals surface area contributed by atoms with E-state index in [0.29, 0.717) is 22.7 Å². The first kappa shape index (κ1) is 23.6. The number of benzene rings is 1. The summed E-state index contributed by atoms with van der Waals surface area (Å²) in [6.07, 6.45) is 8.20. The number of aromatic nitrogens is 4. The van der Waals surface area contributed by atoms with Crippen molar-refractivity contribution in [2.24, 2.45) is 0 Å². The Kier molecular flexibility index (Phi) is 6.88. The van der Waals surface area contributed by atoms with Crippen molar-refractivity contribution in [1.29, 1.82) is 0 Å². The van der Waals surface area contributed by atoms with Crippen molar-refractivity contribution in [3.8, 4) is 5.75 Å². The summed E-state index contributed by atoms with van der Waals surface area (Å²) in [5.74, 6) is 0.477. The molecule has 0 spiro atoms. The number of nitrogens with one attached hydrogen (secondary N) is 1. The van der Waals surface area contributed by atoms with Crippen molar-refractivity contribution in [3.05, 3.63) is 121 Å². The predicted octanol–water partition coefficient (Wildman–Crippen LogP) is -0.0486. The van der Waals surface area contributed by atoms with Crippen LogP contribution in [0.3, 0.4) is 0 Å². The van der Waals surface area contributed by atoms with Gasteiger partial charge in [-0.15, -0.1) is 4.73 Å². The Morgan fingerprint density at radius 2 is 1.74 bits per heavy atom. The largest absolute Gasteiger partial charge is 0.487 e. The molecule has 1 aromatic carbocycles. The second-order valence-electron chi connectivity index (χ2n) is 7.39. The summed E-state index contributed by atoms with van der Waals surface area (Å²) in [4.78, 5) is 36.5. The summed E-state index contributed by atoms with van der Waals surface area (Å²) in [5, 5.41) is -0.488. The summed E-state index contributed by atoms with van der Waals surface area (Å²) < 4.78 is 34.6. The van der Waals surface area contributed by atoms with Crippen molar-refractivity contribution in [1.82, 2.24) is 19.7 Å². The van der Waals surface area contributed by atoms with Gasteiger partial charge < -0.3 is 9.72 Å². The Balaban J connectivity index is 1.73. The number of ether oxygens (including phenoxy) is 1. The molecule has 1 N–H and O–H groups in total. The van der Waals surface area contributed by atoms with Gasteiger partial charge in [0, 0.05) is 12.4 Å². The molecule has 4 aromatic rings. The summed E-state index contributed by atoms with van der Waals surface area (Å²) in [7, 11) is -4.13. The van der Waals surface area contributed by atoms with E-state index in [1.54, 1.807) is 54.9 Å². The third-order valence-electron chi connectivity index (χ3n) is 4.63. The molecule has 11 heteroatoms. The molecular formula is C24H20N4O6S. The van der Waals surface area contributed by atoms with Crippen LogP contribution in [0.1, 0.15) is 16.8 Å². The van der Waals surface area contributed by atoms with Crippen LogP contribution >= 0.6 is 0 Å².